The van der Waals surface area contributed by atoms with Crippen LogP contribution in [0.15, 0.2) is 18.2 Å². The number of carbonyl (C=O) groups is 1. The number of anilines is 1. The normalized spacial score (nSPS) is 24.2. The molecule has 5 heteroatoms. The first-order chi connectivity index (χ1) is 9.11. The summed E-state index contributed by atoms with van der Waals surface area (Å²) in [7, 11) is 0. The second-order valence-corrected chi connectivity index (χ2v) is 5.89. The van der Waals surface area contributed by atoms with Gasteiger partial charge in [0.25, 0.3) is 0 Å². The lowest BCUT2D eigenvalue weighted by Crippen LogP contribution is -2.31. The molecule has 1 aliphatic carbocycles. The molecule has 3 rings (SSSR count). The molecule has 2 fully saturated rings. The lowest BCUT2D eigenvalue weighted by molar-refractivity contribution is -0.118. The van der Waals surface area contributed by atoms with E-state index in [4.69, 9.17) is 11.6 Å². The van der Waals surface area contributed by atoms with Crippen molar-refractivity contribution in [3.8, 4) is 0 Å². The topological polar surface area (TPSA) is 41.1 Å². The minimum absolute atomic E-state index is 0.00335. The Balaban J connectivity index is 1.64. The second-order valence-electron chi connectivity index (χ2n) is 5.49. The first-order valence-corrected chi connectivity index (χ1v) is 6.95. The van der Waals surface area contributed by atoms with E-state index in [1.165, 1.54) is 12.1 Å². The van der Waals surface area contributed by atoms with Crippen LogP contribution in [0.3, 0.4) is 0 Å². The molecule has 1 atom stereocenters. The summed E-state index contributed by atoms with van der Waals surface area (Å²) in [5, 5.41) is 6.16. The lowest BCUT2D eigenvalue weighted by atomic mass is 9.92. The molecule has 0 radical (unpaired) electrons. The van der Waals surface area contributed by atoms with E-state index in [2.05, 4.69) is 10.6 Å². The molecule has 0 bridgehead atoms. The fourth-order valence-electron chi connectivity index (χ4n) is 3.00. The number of nitrogens with one attached hydrogen (secondary N) is 2. The highest BCUT2D eigenvalue weighted by Crippen LogP contribution is 2.58. The first kappa shape index (κ1) is 12.9. The van der Waals surface area contributed by atoms with Gasteiger partial charge in [0.05, 0.1) is 5.02 Å². The van der Waals surface area contributed by atoms with Crippen molar-refractivity contribution in [2.75, 3.05) is 18.4 Å². The lowest BCUT2D eigenvalue weighted by Gasteiger charge is -2.23. The van der Waals surface area contributed by atoms with Gasteiger partial charge in [-0.2, -0.15) is 0 Å². The molecule has 1 aliphatic heterocycles. The third-order valence-corrected chi connectivity index (χ3v) is 4.60. The maximum absolute atomic E-state index is 13.3. The summed E-state index contributed by atoms with van der Waals surface area (Å²) < 4.78 is 13.3. The Morgan fingerprint density at radius 1 is 1.42 bits per heavy atom. The van der Waals surface area contributed by atoms with Crippen molar-refractivity contribution in [1.29, 1.82) is 0 Å². The number of hydrogen-bond donors (Lipinski definition) is 2. The van der Waals surface area contributed by atoms with Gasteiger partial charge >= 0.3 is 0 Å². The van der Waals surface area contributed by atoms with E-state index in [0.29, 0.717) is 5.69 Å². The highest BCUT2D eigenvalue weighted by molar-refractivity contribution is 6.30. The predicted molar refractivity (Wildman–Crippen MR) is 72.7 cm³/mol. The maximum Gasteiger partial charge on any atom is 0.228 e. The number of amides is 1. The van der Waals surface area contributed by atoms with Gasteiger partial charge in [0.1, 0.15) is 5.82 Å². The van der Waals surface area contributed by atoms with Gasteiger partial charge in [-0.05, 0) is 56.0 Å². The minimum Gasteiger partial charge on any atom is -0.326 e. The Labute approximate surface area is 116 Å². The van der Waals surface area contributed by atoms with Crippen LogP contribution in [-0.4, -0.2) is 19.0 Å². The van der Waals surface area contributed by atoms with Gasteiger partial charge in [-0.25, -0.2) is 4.39 Å². The third-order valence-electron chi connectivity index (χ3n) is 4.29. The van der Waals surface area contributed by atoms with Crippen molar-refractivity contribution in [2.24, 2.45) is 11.3 Å². The van der Waals surface area contributed by atoms with Crippen molar-refractivity contribution in [3.63, 3.8) is 0 Å². The zero-order valence-corrected chi connectivity index (χ0v) is 11.3. The molecule has 1 unspecified atom stereocenters. The van der Waals surface area contributed by atoms with Crippen molar-refractivity contribution < 1.29 is 9.18 Å². The molecule has 1 aromatic rings. The Morgan fingerprint density at radius 2 is 2.16 bits per heavy atom. The highest BCUT2D eigenvalue weighted by Gasteiger charge is 2.57. The zero-order valence-electron chi connectivity index (χ0n) is 10.5. The van der Waals surface area contributed by atoms with Crippen LogP contribution < -0.4 is 10.6 Å². The fourth-order valence-corrected chi connectivity index (χ4v) is 3.12. The van der Waals surface area contributed by atoms with Crippen LogP contribution in [-0.2, 0) is 4.79 Å². The summed E-state index contributed by atoms with van der Waals surface area (Å²) in [5.41, 5.74) is 0.670. The third kappa shape index (κ3) is 2.47. The van der Waals surface area contributed by atoms with E-state index in [1.54, 1.807) is 6.07 Å². The smallest absolute Gasteiger partial charge is 0.228 e. The van der Waals surface area contributed by atoms with Crippen molar-refractivity contribution >= 4 is 23.2 Å². The molecule has 1 amide bonds. The van der Waals surface area contributed by atoms with E-state index in [-0.39, 0.29) is 22.3 Å². The predicted octanol–water partition coefficient (Wildman–Crippen LogP) is 2.81. The van der Waals surface area contributed by atoms with Crippen molar-refractivity contribution in [3.05, 3.63) is 29.0 Å². The van der Waals surface area contributed by atoms with Gasteiger partial charge in [-0.3, -0.25) is 4.79 Å². The van der Waals surface area contributed by atoms with E-state index >= 15 is 0 Å². The van der Waals surface area contributed by atoms with E-state index < -0.39 is 5.82 Å². The Bertz CT molecular complexity index is 514. The van der Waals surface area contributed by atoms with Crippen LogP contribution in [0.4, 0.5) is 10.1 Å². The van der Waals surface area contributed by atoms with Crippen LogP contribution >= 0.6 is 11.6 Å². The largest absolute Gasteiger partial charge is 0.326 e. The summed E-state index contributed by atoms with van der Waals surface area (Å²) in [6, 6.07) is 4.35. The molecular weight excluding hydrogens is 267 g/mol. The van der Waals surface area contributed by atoms with Gasteiger partial charge in [0.2, 0.25) is 5.91 Å². The van der Waals surface area contributed by atoms with Crippen LogP contribution in [0.2, 0.25) is 5.02 Å². The molecule has 1 heterocycles. The Hall–Kier alpha value is -1.13. The first-order valence-electron chi connectivity index (χ1n) is 6.57. The van der Waals surface area contributed by atoms with Crippen molar-refractivity contribution in [1.82, 2.24) is 5.32 Å². The number of hydrogen-bond acceptors (Lipinski definition) is 2. The quantitative estimate of drug-likeness (QED) is 0.876. The molecule has 1 spiro atoms. The van der Waals surface area contributed by atoms with Gasteiger partial charge in [-0.1, -0.05) is 11.6 Å². The van der Waals surface area contributed by atoms with E-state index in [1.807, 2.05) is 0 Å². The summed E-state index contributed by atoms with van der Waals surface area (Å²) in [5.74, 6) is -0.427. The maximum atomic E-state index is 13.3. The Kier molecular flexibility index (Phi) is 3.23. The molecule has 1 aromatic carbocycles. The van der Waals surface area contributed by atoms with E-state index in [9.17, 15) is 9.18 Å². The summed E-state index contributed by atoms with van der Waals surface area (Å²) in [4.78, 5) is 12.2. The van der Waals surface area contributed by atoms with Crippen LogP contribution in [0.1, 0.15) is 19.3 Å². The molecule has 2 aliphatic rings. The standard InChI is InChI=1S/C14H16ClFN2O/c15-11-2-1-9(7-12(11)16)18-13(19)10-8-14(10)3-5-17-6-4-14/h1-2,7,10,17H,3-6,8H2,(H,18,19). The average Bonchev–Trinajstić information content (AvgIpc) is 3.08. The second kappa shape index (κ2) is 4.76. The number of piperidine rings is 1. The molecule has 1 saturated heterocycles. The van der Waals surface area contributed by atoms with Gasteiger partial charge in [0, 0.05) is 11.6 Å². The van der Waals surface area contributed by atoms with Gasteiger partial charge in [0.15, 0.2) is 0 Å². The van der Waals surface area contributed by atoms with E-state index in [0.717, 1.165) is 32.4 Å². The molecule has 0 aromatic heterocycles. The van der Waals surface area contributed by atoms with Gasteiger partial charge in [-0.15, -0.1) is 0 Å². The molecule has 3 nitrogen and oxygen atoms in total. The molecule has 2 N–H and O–H groups in total. The summed E-state index contributed by atoms with van der Waals surface area (Å²) in [6.07, 6.45) is 3.07. The number of benzene rings is 1. The molecule has 19 heavy (non-hydrogen) atoms. The fraction of sp³-hybridized carbons (Fsp3) is 0.500. The van der Waals surface area contributed by atoms with Crippen LogP contribution in [0.5, 0.6) is 0 Å². The molecule has 1 saturated carbocycles. The zero-order chi connectivity index (χ0) is 13.5. The SMILES string of the molecule is O=C(Nc1ccc(Cl)c(F)c1)C1CC12CCNCC2. The highest BCUT2D eigenvalue weighted by atomic mass is 35.5. The number of rotatable bonds is 2. The minimum atomic E-state index is -0.508. The Morgan fingerprint density at radius 3 is 2.84 bits per heavy atom. The molecular formula is C14H16ClFN2O. The number of halogens is 2. The van der Waals surface area contributed by atoms with Crippen LogP contribution in [0, 0.1) is 17.2 Å². The molecule has 102 valence electrons. The van der Waals surface area contributed by atoms with Crippen LogP contribution in [0.25, 0.3) is 0 Å². The van der Waals surface area contributed by atoms with Crippen molar-refractivity contribution in [2.45, 2.75) is 19.3 Å². The monoisotopic (exact) mass is 282 g/mol. The average molecular weight is 283 g/mol. The van der Waals surface area contributed by atoms with Gasteiger partial charge < -0.3 is 10.6 Å². The summed E-state index contributed by atoms with van der Waals surface area (Å²) >= 11 is 5.61. The summed E-state index contributed by atoms with van der Waals surface area (Å²) in [6.45, 7) is 1.97. The number of carbonyl (C=O) groups excluding carboxylic acids is 1.